The highest BCUT2D eigenvalue weighted by atomic mass is 19.4. The topological polar surface area (TPSA) is 149 Å². The van der Waals surface area contributed by atoms with Crippen LogP contribution >= 0.6 is 0 Å². The number of rotatable bonds is 8. The Morgan fingerprint density at radius 2 is 1.66 bits per heavy atom. The Morgan fingerprint density at radius 1 is 0.911 bits per heavy atom. The molecule has 0 bridgehead atoms. The number of hydrazine groups is 1. The number of aromatic nitrogens is 2. The third-order valence-corrected chi connectivity index (χ3v) is 11.1. The number of hydrogen-bond donors (Lipinski definition) is 2. The number of urea groups is 1. The number of nitrogens with one attached hydrogen (secondary N) is 2. The summed E-state index contributed by atoms with van der Waals surface area (Å²) in [5.41, 5.74) is 1.29. The minimum atomic E-state index is -4.57. The van der Waals surface area contributed by atoms with Gasteiger partial charge in [-0.05, 0) is 74.1 Å². The van der Waals surface area contributed by atoms with Gasteiger partial charge in [0.25, 0.3) is 17.7 Å². The average molecular weight is 773 g/mol. The van der Waals surface area contributed by atoms with Gasteiger partial charge in [0, 0.05) is 68.0 Å². The number of anilines is 2. The number of carbonyl (C=O) groups excluding carboxylic acids is 5. The predicted molar refractivity (Wildman–Crippen MR) is 197 cm³/mol. The first-order valence-corrected chi connectivity index (χ1v) is 18.5. The fourth-order valence-corrected chi connectivity index (χ4v) is 8.08. The molecular weight excluding hydrogens is 733 g/mol. The van der Waals surface area contributed by atoms with E-state index in [0.717, 1.165) is 91.6 Å². The molecule has 3 aromatic carbocycles. The van der Waals surface area contributed by atoms with Crippen molar-refractivity contribution in [2.24, 2.45) is 5.92 Å². The molecule has 2 N–H and O–H groups in total. The van der Waals surface area contributed by atoms with Crippen LogP contribution in [0.25, 0.3) is 10.9 Å². The second-order valence-electron chi connectivity index (χ2n) is 14.6. The van der Waals surface area contributed by atoms with Crippen LogP contribution in [0.3, 0.4) is 0 Å². The van der Waals surface area contributed by atoms with Crippen LogP contribution in [0, 0.1) is 5.92 Å². The molecule has 8 rings (SSSR count). The number of alkyl halides is 3. The van der Waals surface area contributed by atoms with Crippen molar-refractivity contribution in [3.8, 4) is 5.75 Å². The van der Waals surface area contributed by atoms with Gasteiger partial charge in [-0.2, -0.15) is 23.3 Å². The molecule has 0 unspecified atom stereocenters. The zero-order chi connectivity index (χ0) is 39.3. The lowest BCUT2D eigenvalue weighted by Gasteiger charge is -2.39. The van der Waals surface area contributed by atoms with Gasteiger partial charge in [-0.25, -0.2) is 9.80 Å². The fourth-order valence-electron chi connectivity index (χ4n) is 8.08. The highest BCUT2D eigenvalue weighted by Gasteiger charge is 2.43. The number of imide groups is 2. The number of halogens is 3. The van der Waals surface area contributed by atoms with Gasteiger partial charge in [0.2, 0.25) is 5.91 Å². The van der Waals surface area contributed by atoms with Crippen LogP contribution in [0.2, 0.25) is 0 Å². The summed E-state index contributed by atoms with van der Waals surface area (Å²) < 4.78 is 47.1. The van der Waals surface area contributed by atoms with E-state index in [1.165, 1.54) is 19.2 Å². The molecule has 4 aliphatic rings. The van der Waals surface area contributed by atoms with Crippen LogP contribution in [0.1, 0.15) is 74.8 Å². The number of fused-ring (bicyclic) bond motifs is 2. The molecule has 4 aromatic rings. The largest absolute Gasteiger partial charge is 0.494 e. The van der Waals surface area contributed by atoms with Gasteiger partial charge in [-0.15, -0.1) is 0 Å². The summed E-state index contributed by atoms with van der Waals surface area (Å²) in [7, 11) is 1.45. The van der Waals surface area contributed by atoms with Gasteiger partial charge < -0.3 is 15.0 Å². The van der Waals surface area contributed by atoms with Crippen LogP contribution in [0.5, 0.6) is 5.75 Å². The molecule has 56 heavy (non-hydrogen) atoms. The van der Waals surface area contributed by atoms with Crippen molar-refractivity contribution in [3.05, 3.63) is 83.0 Å². The second kappa shape index (κ2) is 14.6. The highest BCUT2D eigenvalue weighted by molar-refractivity contribution is 6.22. The summed E-state index contributed by atoms with van der Waals surface area (Å²) in [6, 6.07) is 12.3. The van der Waals surface area contributed by atoms with Crippen LogP contribution < -0.4 is 20.3 Å². The zero-order valence-electron chi connectivity index (χ0n) is 30.5. The van der Waals surface area contributed by atoms with E-state index in [9.17, 15) is 37.1 Å². The summed E-state index contributed by atoms with van der Waals surface area (Å²) >= 11 is 0. The molecule has 1 saturated carbocycles. The first kappa shape index (κ1) is 37.0. The summed E-state index contributed by atoms with van der Waals surface area (Å²) in [5.74, 6) is -1.43. The van der Waals surface area contributed by atoms with E-state index < -0.39 is 41.4 Å². The predicted octanol–water partition coefficient (Wildman–Crippen LogP) is 5.32. The zero-order valence-corrected chi connectivity index (χ0v) is 30.5. The van der Waals surface area contributed by atoms with Crippen LogP contribution in [0.15, 0.2) is 60.8 Å². The minimum Gasteiger partial charge on any atom is -0.494 e. The standard InChI is InChI=1S/C39H39F3N8O6/c1-56-33-20-31-25(18-32(33)43-35(52)24-3-2-4-26(17-24)39(40,41)42)22-48(45-31)27-7-5-23(6-8-27)21-46-13-15-47(16-14-46)28-9-10-29-30(19-28)37(54)50(36(29)53)49-12-11-34(51)44-38(49)55/h2-4,9-10,17-20,22-23,27H,5-8,11-16,21H2,1H3,(H,43,52)(H,44,51,55). The summed E-state index contributed by atoms with van der Waals surface area (Å²) in [6.07, 6.45) is 1.33. The van der Waals surface area contributed by atoms with Crippen molar-refractivity contribution in [1.82, 2.24) is 30.0 Å². The maximum atomic E-state index is 13.3. The molecule has 14 nitrogen and oxygen atoms in total. The van der Waals surface area contributed by atoms with Crippen molar-refractivity contribution in [2.75, 3.05) is 56.6 Å². The molecule has 0 spiro atoms. The number of nitrogens with zero attached hydrogens (tertiary/aromatic N) is 6. The number of amides is 6. The maximum Gasteiger partial charge on any atom is 0.416 e. The van der Waals surface area contributed by atoms with Crippen molar-refractivity contribution in [2.45, 2.75) is 44.3 Å². The Bertz CT molecular complexity index is 2240. The van der Waals surface area contributed by atoms with Gasteiger partial charge in [0.15, 0.2) is 0 Å². The molecule has 0 radical (unpaired) electrons. The number of ether oxygens (including phenoxy) is 1. The van der Waals surface area contributed by atoms with E-state index >= 15 is 0 Å². The third kappa shape index (κ3) is 7.13. The van der Waals surface area contributed by atoms with E-state index in [-0.39, 0.29) is 35.7 Å². The van der Waals surface area contributed by atoms with Crippen molar-refractivity contribution in [3.63, 3.8) is 0 Å². The van der Waals surface area contributed by atoms with Crippen LogP contribution in [-0.4, -0.2) is 101 Å². The molecule has 292 valence electrons. The molecule has 1 aromatic heterocycles. The van der Waals surface area contributed by atoms with Crippen LogP contribution in [0.4, 0.5) is 29.3 Å². The summed E-state index contributed by atoms with van der Waals surface area (Å²) in [6.45, 7) is 4.12. The number of piperazine rings is 1. The lowest BCUT2D eigenvalue weighted by atomic mass is 9.85. The number of carbonyl (C=O) groups is 5. The SMILES string of the molecule is COc1cc2nn(C3CCC(CN4CCN(c5ccc6c(c5)C(=O)N(N5CCC(=O)NC5=O)C6=O)CC4)CC3)cc2cc1NC(=O)c1cccc(C(F)(F)F)c1. The van der Waals surface area contributed by atoms with Gasteiger partial charge in [-0.1, -0.05) is 6.07 Å². The molecular formula is C39H39F3N8O6. The van der Waals surface area contributed by atoms with E-state index in [2.05, 4.69) is 20.4 Å². The maximum absolute atomic E-state index is 13.3. The van der Waals surface area contributed by atoms with Crippen molar-refractivity contribution in [1.29, 1.82) is 0 Å². The smallest absolute Gasteiger partial charge is 0.416 e. The quantitative estimate of drug-likeness (QED) is 0.227. The Labute approximate surface area is 319 Å². The molecule has 0 atom stereocenters. The first-order valence-electron chi connectivity index (χ1n) is 18.5. The Morgan fingerprint density at radius 3 is 2.38 bits per heavy atom. The molecule has 17 heteroatoms. The Hall–Kier alpha value is -5.97. The normalized spacial score (nSPS) is 20.8. The van der Waals surface area contributed by atoms with Gasteiger partial charge in [-0.3, -0.25) is 34.1 Å². The highest BCUT2D eigenvalue weighted by Crippen LogP contribution is 2.37. The molecule has 3 aliphatic heterocycles. The first-order chi connectivity index (χ1) is 26.9. The molecule has 2 saturated heterocycles. The van der Waals surface area contributed by atoms with Crippen molar-refractivity contribution >= 4 is 51.9 Å². The van der Waals surface area contributed by atoms with E-state index in [1.54, 1.807) is 24.3 Å². The van der Waals surface area contributed by atoms with Gasteiger partial charge in [0.05, 0.1) is 47.6 Å². The third-order valence-electron chi connectivity index (χ3n) is 11.1. The molecule has 6 amide bonds. The number of benzene rings is 3. The lowest BCUT2D eigenvalue weighted by Crippen LogP contribution is -2.58. The monoisotopic (exact) mass is 772 g/mol. The van der Waals surface area contributed by atoms with Crippen molar-refractivity contribution < 1.29 is 41.9 Å². The second-order valence-corrected chi connectivity index (χ2v) is 14.6. The van der Waals surface area contributed by atoms with E-state index in [1.807, 2.05) is 16.9 Å². The summed E-state index contributed by atoms with van der Waals surface area (Å²) in [5, 5.41) is 12.2. The minimum absolute atomic E-state index is 0.000970. The van der Waals surface area contributed by atoms with Crippen LogP contribution in [-0.2, 0) is 11.0 Å². The average Bonchev–Trinajstić information content (AvgIpc) is 3.71. The van der Waals surface area contributed by atoms with Gasteiger partial charge >= 0.3 is 12.2 Å². The lowest BCUT2D eigenvalue weighted by molar-refractivity contribution is -0.137. The van der Waals surface area contributed by atoms with E-state index in [0.29, 0.717) is 22.9 Å². The Balaban J connectivity index is 0.842. The fraction of sp³-hybridized carbons (Fsp3) is 0.385. The Kier molecular flexibility index (Phi) is 9.64. The molecule has 4 heterocycles. The molecule has 3 fully saturated rings. The van der Waals surface area contributed by atoms with Gasteiger partial charge in [0.1, 0.15) is 5.75 Å². The summed E-state index contributed by atoms with van der Waals surface area (Å²) in [4.78, 5) is 67.9. The van der Waals surface area contributed by atoms with E-state index in [4.69, 9.17) is 9.84 Å². The number of methoxy groups -OCH3 is 1. The number of hydrogen-bond acceptors (Lipinski definition) is 9. The molecule has 1 aliphatic carbocycles.